The second-order valence-electron chi connectivity index (χ2n) is 2.96. The molecule has 0 saturated heterocycles. The van der Waals surface area contributed by atoms with Crippen LogP contribution in [-0.2, 0) is 6.42 Å². The number of hydrogen-bond donors (Lipinski definition) is 1. The molecule has 0 spiro atoms. The largest absolute Gasteiger partial charge is 0.310 e. The van der Waals surface area contributed by atoms with E-state index in [4.69, 9.17) is 0 Å². The molecule has 1 atom stereocenters. The van der Waals surface area contributed by atoms with Crippen molar-refractivity contribution in [3.05, 3.63) is 21.9 Å². The second kappa shape index (κ2) is 8.93. The molecule has 15 heavy (non-hydrogen) atoms. The first-order chi connectivity index (χ1) is 7.42. The molecule has 0 radical (unpaired) electrons. The van der Waals surface area contributed by atoms with Crippen LogP contribution in [0.2, 0.25) is 0 Å². The summed E-state index contributed by atoms with van der Waals surface area (Å²) in [5.74, 6) is 0. The van der Waals surface area contributed by atoms with Crippen LogP contribution in [-0.4, -0.2) is 6.54 Å². The number of hydrogen-bond acceptors (Lipinski definition) is 2. The lowest BCUT2D eigenvalue weighted by atomic mass is 10.3. The van der Waals surface area contributed by atoms with Crippen LogP contribution in [0.4, 0.5) is 0 Å². The number of nitrogens with one attached hydrogen (secondary N) is 1. The summed E-state index contributed by atoms with van der Waals surface area (Å²) in [7, 11) is 0. The lowest BCUT2D eigenvalue weighted by molar-refractivity contribution is 0.555. The van der Waals surface area contributed by atoms with Gasteiger partial charge in [-0.1, -0.05) is 34.6 Å². The third-order valence-corrected chi connectivity index (χ3v) is 3.32. The van der Waals surface area contributed by atoms with Gasteiger partial charge in [-0.25, -0.2) is 0 Å². The van der Waals surface area contributed by atoms with Crippen LogP contribution in [0.3, 0.4) is 0 Å². The number of thiophene rings is 1. The van der Waals surface area contributed by atoms with Gasteiger partial charge in [-0.3, -0.25) is 0 Å². The zero-order valence-corrected chi connectivity index (χ0v) is 11.6. The lowest BCUT2D eigenvalue weighted by Crippen LogP contribution is -2.17. The molecule has 90 valence electrons. The fraction of sp³-hybridized carbons (Fsp3) is 0.692. The van der Waals surface area contributed by atoms with E-state index in [0.717, 1.165) is 6.54 Å². The minimum Gasteiger partial charge on any atom is -0.310 e. The van der Waals surface area contributed by atoms with Crippen LogP contribution in [0.1, 0.15) is 58.9 Å². The smallest absolute Gasteiger partial charge is 0.0420 e. The Morgan fingerprint density at radius 2 is 2.07 bits per heavy atom. The molecule has 1 heterocycles. The fourth-order valence-electron chi connectivity index (χ4n) is 1.73. The van der Waals surface area contributed by atoms with E-state index < -0.39 is 0 Å². The van der Waals surface area contributed by atoms with Crippen LogP contribution in [0.15, 0.2) is 11.4 Å². The van der Waals surface area contributed by atoms with Crippen LogP contribution in [0.25, 0.3) is 0 Å². The maximum Gasteiger partial charge on any atom is 0.0420 e. The molecule has 0 aliphatic heterocycles. The van der Waals surface area contributed by atoms with E-state index in [1.807, 2.05) is 39.0 Å². The van der Waals surface area contributed by atoms with Crippen molar-refractivity contribution in [2.45, 2.75) is 53.5 Å². The van der Waals surface area contributed by atoms with Gasteiger partial charge in [-0.05, 0) is 36.4 Å². The SMILES string of the molecule is CC.CC.CCNC1CCc2ccsc21.[HH]. The predicted molar refractivity (Wildman–Crippen MR) is 73.9 cm³/mol. The van der Waals surface area contributed by atoms with Crippen LogP contribution in [0.5, 0.6) is 0 Å². The minimum absolute atomic E-state index is 0. The van der Waals surface area contributed by atoms with Crippen molar-refractivity contribution in [2.75, 3.05) is 6.54 Å². The summed E-state index contributed by atoms with van der Waals surface area (Å²) in [5, 5.41) is 5.70. The van der Waals surface area contributed by atoms with E-state index in [2.05, 4.69) is 23.7 Å². The summed E-state index contributed by atoms with van der Waals surface area (Å²) < 4.78 is 0. The molecule has 1 aliphatic carbocycles. The van der Waals surface area contributed by atoms with Crippen LogP contribution >= 0.6 is 11.3 Å². The normalized spacial score (nSPS) is 17.0. The molecule has 0 bridgehead atoms. The van der Waals surface area contributed by atoms with Crippen molar-refractivity contribution < 1.29 is 1.43 Å². The molecular formula is C13H27NS. The third kappa shape index (κ3) is 3.96. The Kier molecular flexibility index (Phi) is 8.73. The van der Waals surface area contributed by atoms with Crippen molar-refractivity contribution in [2.24, 2.45) is 0 Å². The molecule has 1 nitrogen and oxygen atoms in total. The molecule has 1 aromatic rings. The highest BCUT2D eigenvalue weighted by atomic mass is 32.1. The standard InChI is InChI=1S/C9H13NS.2C2H6.H2/c1-2-10-8-4-3-7-5-6-11-9(7)8;2*1-2;/h5-6,8,10H,2-4H2,1H3;2*1-2H3;1H. The minimum atomic E-state index is 0. The molecule has 0 amide bonds. The van der Waals surface area contributed by atoms with Gasteiger partial charge in [-0.2, -0.15) is 0 Å². The van der Waals surface area contributed by atoms with Gasteiger partial charge >= 0.3 is 0 Å². The van der Waals surface area contributed by atoms with Gasteiger partial charge in [0.15, 0.2) is 0 Å². The zero-order chi connectivity index (χ0) is 11.7. The summed E-state index contributed by atoms with van der Waals surface area (Å²) >= 11 is 1.90. The Morgan fingerprint density at radius 1 is 1.40 bits per heavy atom. The van der Waals surface area contributed by atoms with Gasteiger partial charge in [-0.15, -0.1) is 11.3 Å². The van der Waals surface area contributed by atoms with E-state index in [1.165, 1.54) is 12.8 Å². The van der Waals surface area contributed by atoms with E-state index in [-0.39, 0.29) is 1.43 Å². The van der Waals surface area contributed by atoms with E-state index in [0.29, 0.717) is 6.04 Å². The summed E-state index contributed by atoms with van der Waals surface area (Å²) in [4.78, 5) is 1.58. The van der Waals surface area contributed by atoms with Crippen molar-refractivity contribution >= 4 is 11.3 Å². The van der Waals surface area contributed by atoms with Gasteiger partial charge in [0.05, 0.1) is 0 Å². The molecule has 1 unspecified atom stereocenters. The molecule has 1 N–H and O–H groups in total. The predicted octanol–water partition coefficient (Wildman–Crippen LogP) is 4.64. The maximum absolute atomic E-state index is 3.50. The molecular weight excluding hydrogens is 202 g/mol. The molecule has 1 aromatic heterocycles. The Balaban J connectivity index is 0. The maximum atomic E-state index is 3.50. The first kappa shape index (κ1) is 14.7. The van der Waals surface area contributed by atoms with Crippen LogP contribution < -0.4 is 5.32 Å². The van der Waals surface area contributed by atoms with E-state index in [1.54, 1.807) is 10.4 Å². The van der Waals surface area contributed by atoms with Crippen molar-refractivity contribution in [3.8, 4) is 0 Å². The zero-order valence-electron chi connectivity index (χ0n) is 10.8. The first-order valence-electron chi connectivity index (χ1n) is 6.21. The van der Waals surface area contributed by atoms with E-state index in [9.17, 15) is 0 Å². The third-order valence-electron chi connectivity index (χ3n) is 2.25. The Labute approximate surface area is 100 Å². The quantitative estimate of drug-likeness (QED) is 0.779. The molecule has 0 saturated carbocycles. The number of fused-ring (bicyclic) bond motifs is 1. The average Bonchev–Trinajstić information content (AvgIpc) is 2.89. The highest BCUT2D eigenvalue weighted by Crippen LogP contribution is 2.34. The monoisotopic (exact) mass is 229 g/mol. The van der Waals surface area contributed by atoms with Gasteiger partial charge in [0.25, 0.3) is 0 Å². The second-order valence-corrected chi connectivity index (χ2v) is 3.91. The van der Waals surface area contributed by atoms with Crippen molar-refractivity contribution in [3.63, 3.8) is 0 Å². The highest BCUT2D eigenvalue weighted by Gasteiger charge is 2.21. The Morgan fingerprint density at radius 3 is 2.67 bits per heavy atom. The summed E-state index contributed by atoms with van der Waals surface area (Å²) in [6.07, 6.45) is 2.58. The molecule has 1 aliphatic rings. The van der Waals surface area contributed by atoms with Crippen molar-refractivity contribution in [1.82, 2.24) is 5.32 Å². The van der Waals surface area contributed by atoms with Gasteiger partial charge < -0.3 is 5.32 Å². The summed E-state index contributed by atoms with van der Waals surface area (Å²) in [5.41, 5.74) is 1.57. The Hall–Kier alpha value is -0.340. The first-order valence-corrected chi connectivity index (χ1v) is 7.09. The van der Waals surface area contributed by atoms with Crippen molar-refractivity contribution in [1.29, 1.82) is 0 Å². The summed E-state index contributed by atoms with van der Waals surface area (Å²) in [6.45, 7) is 11.3. The van der Waals surface area contributed by atoms with Gasteiger partial charge in [0.2, 0.25) is 0 Å². The number of rotatable bonds is 2. The molecule has 2 heteroatoms. The topological polar surface area (TPSA) is 12.0 Å². The molecule has 0 fully saturated rings. The lowest BCUT2D eigenvalue weighted by Gasteiger charge is -2.08. The highest BCUT2D eigenvalue weighted by molar-refractivity contribution is 7.10. The summed E-state index contributed by atoms with van der Waals surface area (Å²) in [6, 6.07) is 2.92. The Bertz CT molecular complexity index is 248. The van der Waals surface area contributed by atoms with E-state index >= 15 is 0 Å². The molecule has 2 rings (SSSR count). The fourth-order valence-corrected chi connectivity index (χ4v) is 2.80. The molecule has 0 aromatic carbocycles. The van der Waals surface area contributed by atoms with Crippen LogP contribution in [0, 0.1) is 0 Å². The van der Waals surface area contributed by atoms with Gasteiger partial charge in [0, 0.05) is 12.3 Å². The van der Waals surface area contributed by atoms with Gasteiger partial charge in [0.1, 0.15) is 0 Å². The average molecular weight is 229 g/mol. The number of aryl methyl sites for hydroxylation is 1.